The standard InChI is InChI=1S/C32H35N3O4/c1-3-24-13-15-26(16-14-24)30(37)34-19-17-32(18-20-34)35(31(38)27-12-8-7-9-23(27)2)28(22-39-32)29(36)33-21-25-10-5-4-6-11-25/h4-16,28H,3,17-22H2,1-2H3,(H,33,36)/t28-/m0/s1. The van der Waals surface area contributed by atoms with Crippen LogP contribution in [0.4, 0.5) is 0 Å². The van der Waals surface area contributed by atoms with Crippen molar-refractivity contribution < 1.29 is 19.1 Å². The number of hydrogen-bond donors (Lipinski definition) is 1. The summed E-state index contributed by atoms with van der Waals surface area (Å²) < 4.78 is 6.33. The van der Waals surface area contributed by atoms with Gasteiger partial charge in [0.1, 0.15) is 11.8 Å². The van der Waals surface area contributed by atoms with Crippen LogP contribution in [0, 0.1) is 6.92 Å². The molecule has 0 radical (unpaired) electrons. The molecule has 7 nitrogen and oxygen atoms in total. The van der Waals surface area contributed by atoms with Gasteiger partial charge in [-0.2, -0.15) is 0 Å². The van der Waals surface area contributed by atoms with Crippen molar-refractivity contribution in [2.24, 2.45) is 0 Å². The van der Waals surface area contributed by atoms with E-state index in [2.05, 4.69) is 12.2 Å². The van der Waals surface area contributed by atoms with E-state index in [-0.39, 0.29) is 24.3 Å². The third-order valence-corrected chi connectivity index (χ3v) is 7.91. The minimum absolute atomic E-state index is 0.0283. The fraction of sp³-hybridized carbons (Fsp3) is 0.344. The molecule has 0 saturated carbocycles. The molecule has 1 spiro atoms. The van der Waals surface area contributed by atoms with Crippen molar-refractivity contribution in [3.05, 3.63) is 107 Å². The number of amides is 3. The number of carbonyl (C=O) groups excluding carboxylic acids is 3. The van der Waals surface area contributed by atoms with E-state index in [0.717, 1.165) is 17.5 Å². The average molecular weight is 526 g/mol. The van der Waals surface area contributed by atoms with E-state index in [9.17, 15) is 14.4 Å². The first-order valence-electron chi connectivity index (χ1n) is 13.6. The second-order valence-corrected chi connectivity index (χ2v) is 10.3. The van der Waals surface area contributed by atoms with Crippen molar-refractivity contribution in [2.45, 2.75) is 51.4 Å². The maximum atomic E-state index is 14.0. The molecule has 0 aromatic heterocycles. The highest BCUT2D eigenvalue weighted by Gasteiger charge is 2.54. The van der Waals surface area contributed by atoms with E-state index in [1.165, 1.54) is 5.56 Å². The minimum Gasteiger partial charge on any atom is -0.353 e. The lowest BCUT2D eigenvalue weighted by Crippen LogP contribution is -2.59. The number of carbonyl (C=O) groups is 3. The molecule has 2 aliphatic rings. The molecule has 2 heterocycles. The van der Waals surface area contributed by atoms with Crippen LogP contribution in [0.15, 0.2) is 78.9 Å². The summed E-state index contributed by atoms with van der Waals surface area (Å²) in [7, 11) is 0. The van der Waals surface area contributed by atoms with Crippen LogP contribution in [0.25, 0.3) is 0 Å². The van der Waals surface area contributed by atoms with Gasteiger partial charge in [-0.05, 0) is 48.2 Å². The quantitative estimate of drug-likeness (QED) is 0.519. The number of aryl methyl sites for hydroxylation is 2. The van der Waals surface area contributed by atoms with Crippen LogP contribution < -0.4 is 5.32 Å². The Morgan fingerprint density at radius 2 is 1.54 bits per heavy atom. The van der Waals surface area contributed by atoms with Gasteiger partial charge in [0, 0.05) is 43.6 Å². The summed E-state index contributed by atoms with van der Waals surface area (Å²) in [6.07, 6.45) is 1.79. The summed E-state index contributed by atoms with van der Waals surface area (Å²) in [5, 5.41) is 2.99. The third kappa shape index (κ3) is 5.45. The first-order valence-corrected chi connectivity index (χ1v) is 13.6. The Labute approximate surface area is 229 Å². The second-order valence-electron chi connectivity index (χ2n) is 10.3. The predicted molar refractivity (Wildman–Crippen MR) is 149 cm³/mol. The van der Waals surface area contributed by atoms with Gasteiger partial charge in [0.25, 0.3) is 11.8 Å². The Kier molecular flexibility index (Phi) is 7.79. The van der Waals surface area contributed by atoms with Crippen LogP contribution in [-0.2, 0) is 22.5 Å². The lowest BCUT2D eigenvalue weighted by Gasteiger charge is -2.44. The summed E-state index contributed by atoms with van der Waals surface area (Å²) in [5.41, 5.74) is 3.27. The molecule has 0 bridgehead atoms. The number of hydrogen-bond acceptors (Lipinski definition) is 4. The molecule has 39 heavy (non-hydrogen) atoms. The van der Waals surface area contributed by atoms with Crippen LogP contribution in [0.1, 0.15) is 57.2 Å². The lowest BCUT2D eigenvalue weighted by molar-refractivity contribution is -0.128. The zero-order valence-electron chi connectivity index (χ0n) is 22.6. The predicted octanol–water partition coefficient (Wildman–Crippen LogP) is 4.35. The van der Waals surface area contributed by atoms with Crippen LogP contribution >= 0.6 is 0 Å². The van der Waals surface area contributed by atoms with E-state index >= 15 is 0 Å². The van der Waals surface area contributed by atoms with Crippen molar-refractivity contribution >= 4 is 17.7 Å². The number of benzene rings is 3. The summed E-state index contributed by atoms with van der Waals surface area (Å²) in [5.74, 6) is -0.494. The molecule has 202 valence electrons. The Balaban J connectivity index is 1.36. The number of likely N-dealkylation sites (tertiary alicyclic amines) is 1. The molecule has 3 aromatic carbocycles. The largest absolute Gasteiger partial charge is 0.353 e. The van der Waals surface area contributed by atoms with Gasteiger partial charge in [-0.25, -0.2) is 0 Å². The van der Waals surface area contributed by atoms with Crippen molar-refractivity contribution in [2.75, 3.05) is 19.7 Å². The summed E-state index contributed by atoms with van der Waals surface area (Å²) >= 11 is 0. The van der Waals surface area contributed by atoms with Gasteiger partial charge < -0.3 is 15.0 Å². The van der Waals surface area contributed by atoms with E-state index in [0.29, 0.717) is 43.6 Å². The molecule has 7 heteroatoms. The minimum atomic E-state index is -0.947. The molecule has 3 aromatic rings. The lowest BCUT2D eigenvalue weighted by atomic mass is 9.95. The number of ether oxygens (including phenoxy) is 1. The Morgan fingerprint density at radius 3 is 2.21 bits per heavy atom. The van der Waals surface area contributed by atoms with Crippen LogP contribution in [0.2, 0.25) is 0 Å². The Hall–Kier alpha value is -3.97. The molecule has 5 rings (SSSR count). The monoisotopic (exact) mass is 525 g/mol. The zero-order chi connectivity index (χ0) is 27.4. The van der Waals surface area contributed by atoms with Crippen molar-refractivity contribution in [1.29, 1.82) is 0 Å². The molecule has 1 atom stereocenters. The van der Waals surface area contributed by atoms with E-state index in [1.54, 1.807) is 11.0 Å². The molecule has 2 aliphatic heterocycles. The Morgan fingerprint density at radius 1 is 0.872 bits per heavy atom. The normalized spacial score (nSPS) is 18.3. The molecule has 2 fully saturated rings. The highest BCUT2D eigenvalue weighted by molar-refractivity contribution is 5.99. The number of piperidine rings is 1. The SMILES string of the molecule is CCc1ccc(C(=O)N2CCC3(CC2)OC[C@@H](C(=O)NCc2ccccc2)N3C(=O)c2ccccc2C)cc1. The third-order valence-electron chi connectivity index (χ3n) is 7.91. The van der Waals surface area contributed by atoms with Crippen LogP contribution in [-0.4, -0.2) is 59.0 Å². The van der Waals surface area contributed by atoms with Gasteiger partial charge in [0.2, 0.25) is 5.91 Å². The highest BCUT2D eigenvalue weighted by atomic mass is 16.5. The zero-order valence-corrected chi connectivity index (χ0v) is 22.6. The number of rotatable bonds is 6. The molecule has 1 N–H and O–H groups in total. The highest BCUT2D eigenvalue weighted by Crippen LogP contribution is 2.39. The summed E-state index contributed by atoms with van der Waals surface area (Å²) in [6.45, 7) is 5.34. The number of nitrogens with one attached hydrogen (secondary N) is 1. The maximum absolute atomic E-state index is 14.0. The molecule has 2 saturated heterocycles. The molecular formula is C32H35N3O4. The summed E-state index contributed by atoms with van der Waals surface area (Å²) in [4.78, 5) is 44.1. The van der Waals surface area contributed by atoms with Crippen LogP contribution in [0.3, 0.4) is 0 Å². The van der Waals surface area contributed by atoms with Gasteiger partial charge in [0.15, 0.2) is 0 Å². The van der Waals surface area contributed by atoms with E-state index < -0.39 is 11.8 Å². The Bertz CT molecular complexity index is 1330. The van der Waals surface area contributed by atoms with Crippen molar-refractivity contribution in [3.63, 3.8) is 0 Å². The maximum Gasteiger partial charge on any atom is 0.257 e. The molecule has 3 amide bonds. The van der Waals surface area contributed by atoms with Gasteiger partial charge in [-0.1, -0.05) is 67.6 Å². The fourth-order valence-corrected chi connectivity index (χ4v) is 5.54. The topological polar surface area (TPSA) is 79.0 Å². The van der Waals surface area contributed by atoms with Gasteiger partial charge in [-0.3, -0.25) is 19.3 Å². The van der Waals surface area contributed by atoms with Crippen molar-refractivity contribution in [1.82, 2.24) is 15.1 Å². The fourth-order valence-electron chi connectivity index (χ4n) is 5.54. The average Bonchev–Trinajstić information content (AvgIpc) is 3.34. The van der Waals surface area contributed by atoms with E-state index in [1.807, 2.05) is 84.6 Å². The van der Waals surface area contributed by atoms with Gasteiger partial charge in [-0.15, -0.1) is 0 Å². The first kappa shape index (κ1) is 26.6. The first-order chi connectivity index (χ1) is 18.9. The molecule has 0 unspecified atom stereocenters. The van der Waals surface area contributed by atoms with E-state index in [4.69, 9.17) is 4.74 Å². The van der Waals surface area contributed by atoms with Gasteiger partial charge in [0.05, 0.1) is 6.61 Å². The van der Waals surface area contributed by atoms with Gasteiger partial charge >= 0.3 is 0 Å². The smallest absolute Gasteiger partial charge is 0.257 e. The molecule has 0 aliphatic carbocycles. The number of nitrogens with zero attached hydrogens (tertiary/aromatic N) is 2. The summed E-state index contributed by atoms with van der Waals surface area (Å²) in [6, 6.07) is 24.1. The van der Waals surface area contributed by atoms with Crippen molar-refractivity contribution in [3.8, 4) is 0 Å². The second kappa shape index (κ2) is 11.4. The van der Waals surface area contributed by atoms with Crippen LogP contribution in [0.5, 0.6) is 0 Å². The molecular weight excluding hydrogens is 490 g/mol.